The van der Waals surface area contributed by atoms with Gasteiger partial charge >= 0.3 is 6.09 Å². The fourth-order valence-corrected chi connectivity index (χ4v) is 3.25. The van der Waals surface area contributed by atoms with Crippen LogP contribution in [0, 0.1) is 6.57 Å². The van der Waals surface area contributed by atoms with Gasteiger partial charge in [-0.15, -0.1) is 0 Å². The van der Waals surface area contributed by atoms with Crippen LogP contribution in [0.15, 0.2) is 18.2 Å². The summed E-state index contributed by atoms with van der Waals surface area (Å²) in [6.07, 6.45) is 1.11. The minimum absolute atomic E-state index is 0.0310. The zero-order valence-electron chi connectivity index (χ0n) is 14.8. The van der Waals surface area contributed by atoms with Gasteiger partial charge in [-0.2, -0.15) is 0 Å². The summed E-state index contributed by atoms with van der Waals surface area (Å²) in [6, 6.07) is 4.92. The maximum absolute atomic E-state index is 12.5. The predicted octanol–water partition coefficient (Wildman–Crippen LogP) is 3.97. The predicted molar refractivity (Wildman–Crippen MR) is 92.1 cm³/mol. The van der Waals surface area contributed by atoms with Crippen molar-refractivity contribution in [1.29, 1.82) is 0 Å². The summed E-state index contributed by atoms with van der Waals surface area (Å²) in [5.74, 6) is 0.513. The van der Waals surface area contributed by atoms with Crippen LogP contribution in [0.4, 0.5) is 10.5 Å². The largest absolute Gasteiger partial charge is 0.487 e. The Morgan fingerprint density at radius 1 is 1.32 bits per heavy atom. The normalized spacial score (nSPS) is 19.0. The molecule has 0 saturated carbocycles. The van der Waals surface area contributed by atoms with Crippen molar-refractivity contribution >= 4 is 17.6 Å². The van der Waals surface area contributed by atoms with Gasteiger partial charge in [0.15, 0.2) is 11.5 Å². The van der Waals surface area contributed by atoms with E-state index in [1.54, 1.807) is 23.1 Å². The summed E-state index contributed by atoms with van der Waals surface area (Å²) in [7, 11) is 0. The molecule has 0 aromatic heterocycles. The molecule has 0 bridgehead atoms. The number of ketones is 1. The highest BCUT2D eigenvalue weighted by atomic mass is 16.6. The van der Waals surface area contributed by atoms with Gasteiger partial charge in [-0.05, 0) is 26.8 Å². The smallest absolute Gasteiger partial charge is 0.410 e. The minimum Gasteiger partial charge on any atom is -0.487 e. The maximum Gasteiger partial charge on any atom is 0.410 e. The van der Waals surface area contributed by atoms with E-state index in [1.165, 1.54) is 0 Å². The molecule has 132 valence electrons. The van der Waals surface area contributed by atoms with Gasteiger partial charge in [-0.25, -0.2) is 9.64 Å². The van der Waals surface area contributed by atoms with Crippen molar-refractivity contribution in [1.82, 2.24) is 4.90 Å². The number of nitrogens with zero attached hydrogens (tertiary/aromatic N) is 2. The van der Waals surface area contributed by atoms with Gasteiger partial charge in [-0.1, -0.05) is 12.1 Å². The van der Waals surface area contributed by atoms with Crippen LogP contribution in [0.5, 0.6) is 5.75 Å². The fourth-order valence-electron chi connectivity index (χ4n) is 3.25. The molecule has 1 aromatic rings. The molecular formula is C19H22N2O4. The van der Waals surface area contributed by atoms with Crippen LogP contribution in [-0.4, -0.2) is 41.1 Å². The molecule has 1 fully saturated rings. The Kier molecular flexibility index (Phi) is 4.19. The van der Waals surface area contributed by atoms with E-state index in [0.29, 0.717) is 49.4 Å². The third-order valence-corrected chi connectivity index (χ3v) is 4.53. The summed E-state index contributed by atoms with van der Waals surface area (Å²) >= 11 is 0. The summed E-state index contributed by atoms with van der Waals surface area (Å²) < 4.78 is 11.6. The van der Waals surface area contributed by atoms with Gasteiger partial charge < -0.3 is 14.4 Å². The molecule has 0 aliphatic carbocycles. The first-order valence-electron chi connectivity index (χ1n) is 8.43. The number of amides is 1. The summed E-state index contributed by atoms with van der Waals surface area (Å²) in [6.45, 7) is 13.6. The van der Waals surface area contributed by atoms with Crippen molar-refractivity contribution in [2.24, 2.45) is 0 Å². The van der Waals surface area contributed by atoms with E-state index in [4.69, 9.17) is 16.0 Å². The number of likely N-dealkylation sites (tertiary alicyclic amines) is 1. The zero-order valence-corrected chi connectivity index (χ0v) is 14.8. The quantitative estimate of drug-likeness (QED) is 0.669. The Morgan fingerprint density at radius 2 is 2.00 bits per heavy atom. The highest BCUT2D eigenvalue weighted by molar-refractivity contribution is 6.00. The number of benzene rings is 1. The van der Waals surface area contributed by atoms with Crippen LogP contribution >= 0.6 is 0 Å². The number of fused-ring (bicyclic) bond motifs is 1. The molecule has 0 radical (unpaired) electrons. The highest BCUT2D eigenvalue weighted by Crippen LogP contribution is 2.41. The number of carbonyl (C=O) groups is 2. The van der Waals surface area contributed by atoms with Crippen LogP contribution in [0.25, 0.3) is 4.85 Å². The van der Waals surface area contributed by atoms with Crippen molar-refractivity contribution in [2.75, 3.05) is 13.1 Å². The zero-order chi connectivity index (χ0) is 18.2. The van der Waals surface area contributed by atoms with Crippen LogP contribution in [-0.2, 0) is 4.74 Å². The Balaban J connectivity index is 1.72. The van der Waals surface area contributed by atoms with E-state index in [1.807, 2.05) is 20.8 Å². The summed E-state index contributed by atoms with van der Waals surface area (Å²) in [5.41, 5.74) is -0.135. The van der Waals surface area contributed by atoms with Gasteiger partial charge in [0.2, 0.25) is 0 Å². The molecule has 6 nitrogen and oxygen atoms in total. The van der Waals surface area contributed by atoms with Crippen molar-refractivity contribution in [3.05, 3.63) is 35.2 Å². The van der Waals surface area contributed by atoms with Crippen molar-refractivity contribution < 1.29 is 19.1 Å². The van der Waals surface area contributed by atoms with Crippen molar-refractivity contribution in [3.8, 4) is 5.75 Å². The monoisotopic (exact) mass is 342 g/mol. The first-order chi connectivity index (χ1) is 11.7. The van der Waals surface area contributed by atoms with E-state index in [-0.39, 0.29) is 11.9 Å². The fraction of sp³-hybridized carbons (Fsp3) is 0.526. The molecule has 1 saturated heterocycles. The molecule has 0 atom stereocenters. The van der Waals surface area contributed by atoms with E-state index in [9.17, 15) is 9.59 Å². The molecule has 2 heterocycles. The summed E-state index contributed by atoms with van der Waals surface area (Å²) in [4.78, 5) is 29.8. The second-order valence-electron chi connectivity index (χ2n) is 7.64. The van der Waals surface area contributed by atoms with E-state index < -0.39 is 11.2 Å². The SMILES string of the molecule is [C-]#[N+]c1ccc2c(c1)OC1(CCN(C(=O)OC(C)(C)C)CC1)CC2=O. The average molecular weight is 342 g/mol. The Labute approximate surface area is 147 Å². The number of rotatable bonds is 0. The standard InChI is InChI=1S/C19H22N2O4/c1-18(2,3)25-17(23)21-9-7-19(8-10-21)12-15(22)14-6-5-13(20-4)11-16(14)24-19/h5-6,11H,7-10,12H2,1-3H3. The minimum atomic E-state index is -0.594. The molecule has 0 N–H and O–H groups in total. The van der Waals surface area contributed by atoms with Crippen LogP contribution in [0.2, 0.25) is 0 Å². The lowest BCUT2D eigenvalue weighted by Gasteiger charge is -2.44. The molecule has 1 aromatic carbocycles. The first kappa shape index (κ1) is 17.3. The lowest BCUT2D eigenvalue weighted by atomic mass is 9.82. The number of piperidine rings is 1. The van der Waals surface area contributed by atoms with E-state index in [0.717, 1.165) is 0 Å². The molecule has 2 aliphatic rings. The Morgan fingerprint density at radius 3 is 2.60 bits per heavy atom. The topological polar surface area (TPSA) is 60.2 Å². The lowest BCUT2D eigenvalue weighted by Crippen LogP contribution is -2.52. The van der Waals surface area contributed by atoms with Crippen molar-refractivity contribution in [2.45, 2.75) is 51.2 Å². The highest BCUT2D eigenvalue weighted by Gasteiger charge is 2.44. The third-order valence-electron chi connectivity index (χ3n) is 4.53. The Bertz CT molecular complexity index is 750. The van der Waals surface area contributed by atoms with Crippen LogP contribution in [0.3, 0.4) is 0 Å². The molecule has 2 aliphatic heterocycles. The lowest BCUT2D eigenvalue weighted by molar-refractivity contribution is -0.0225. The molecular weight excluding hydrogens is 320 g/mol. The van der Waals surface area contributed by atoms with Crippen molar-refractivity contribution in [3.63, 3.8) is 0 Å². The van der Waals surface area contributed by atoms with Gasteiger partial charge in [0.1, 0.15) is 17.0 Å². The molecule has 1 spiro atoms. The molecule has 1 amide bonds. The average Bonchev–Trinajstić information content (AvgIpc) is 2.53. The number of hydrogen-bond donors (Lipinski definition) is 0. The Hall–Kier alpha value is -2.55. The van der Waals surface area contributed by atoms with Gasteiger partial charge in [-0.3, -0.25) is 4.79 Å². The van der Waals surface area contributed by atoms with Gasteiger partial charge in [0.05, 0.1) is 18.6 Å². The first-order valence-corrected chi connectivity index (χ1v) is 8.43. The third kappa shape index (κ3) is 3.60. The second-order valence-corrected chi connectivity index (χ2v) is 7.64. The van der Waals surface area contributed by atoms with E-state index >= 15 is 0 Å². The number of Topliss-reactive ketones (excluding diaryl/α,β-unsaturated/α-hetero) is 1. The molecule has 3 rings (SSSR count). The maximum atomic E-state index is 12.5. The molecule has 0 unspecified atom stereocenters. The summed E-state index contributed by atoms with van der Waals surface area (Å²) in [5, 5.41) is 0. The molecule has 6 heteroatoms. The number of hydrogen-bond acceptors (Lipinski definition) is 4. The van der Waals surface area contributed by atoms with Gasteiger partial charge in [0, 0.05) is 25.9 Å². The number of carbonyl (C=O) groups excluding carboxylic acids is 2. The van der Waals surface area contributed by atoms with Gasteiger partial charge in [0.25, 0.3) is 0 Å². The number of ether oxygens (including phenoxy) is 2. The van der Waals surface area contributed by atoms with E-state index in [2.05, 4.69) is 4.85 Å². The van der Waals surface area contributed by atoms with Crippen LogP contribution in [0.1, 0.15) is 50.4 Å². The molecule has 25 heavy (non-hydrogen) atoms. The van der Waals surface area contributed by atoms with Crippen LogP contribution < -0.4 is 4.74 Å². The second kappa shape index (κ2) is 6.07.